The van der Waals surface area contributed by atoms with Gasteiger partial charge in [0.05, 0.1) is 18.0 Å². The molecule has 4 heterocycles. The van der Waals surface area contributed by atoms with Gasteiger partial charge in [-0.15, -0.1) is 11.3 Å². The predicted molar refractivity (Wildman–Crippen MR) is 99.8 cm³/mol. The molecule has 2 aromatic heterocycles. The first-order chi connectivity index (χ1) is 12.8. The van der Waals surface area contributed by atoms with Crippen LogP contribution in [0.4, 0.5) is 0 Å². The van der Waals surface area contributed by atoms with E-state index < -0.39 is 0 Å². The number of nitrogens with zero attached hydrogens (tertiary/aromatic N) is 5. The number of hydrogen-bond acceptors (Lipinski definition) is 7. The Kier molecular flexibility index (Phi) is 5.62. The molecule has 1 amide bonds. The highest BCUT2D eigenvalue weighted by molar-refractivity contribution is 7.13. The summed E-state index contributed by atoms with van der Waals surface area (Å²) in [5.74, 6) is 1.61. The molecule has 0 spiro atoms. The number of likely N-dealkylation sites (tertiary alicyclic amines) is 1. The fourth-order valence-electron chi connectivity index (χ4n) is 3.56. The zero-order chi connectivity index (χ0) is 17.8. The normalized spacial score (nSPS) is 19.8. The second-order valence-electron chi connectivity index (χ2n) is 6.98. The van der Waals surface area contributed by atoms with Crippen molar-refractivity contribution in [2.45, 2.75) is 25.8 Å². The second-order valence-corrected chi connectivity index (χ2v) is 7.93. The van der Waals surface area contributed by atoms with E-state index in [-0.39, 0.29) is 5.91 Å². The average molecular weight is 375 g/mol. The number of aromatic nitrogens is 2. The molecule has 8 heteroatoms. The van der Waals surface area contributed by atoms with Crippen molar-refractivity contribution >= 4 is 17.2 Å². The summed E-state index contributed by atoms with van der Waals surface area (Å²) in [6.45, 7) is 6.75. The lowest BCUT2D eigenvalue weighted by Gasteiger charge is -2.35. The number of piperazine rings is 1. The van der Waals surface area contributed by atoms with E-state index in [2.05, 4.69) is 19.9 Å². The summed E-state index contributed by atoms with van der Waals surface area (Å²) in [7, 11) is 0. The number of hydrogen-bond donors (Lipinski definition) is 0. The number of rotatable bonds is 5. The molecular weight excluding hydrogens is 350 g/mol. The van der Waals surface area contributed by atoms with Gasteiger partial charge in [-0.05, 0) is 30.7 Å². The van der Waals surface area contributed by atoms with Crippen LogP contribution < -0.4 is 0 Å². The molecule has 2 aliphatic heterocycles. The SMILES string of the molecule is O=C(CN1CCN(Cc2nc(-c3cccs3)no2)CC1)N1CCCCC1. The van der Waals surface area contributed by atoms with Crippen molar-refractivity contribution < 1.29 is 9.32 Å². The molecule has 0 unspecified atom stereocenters. The van der Waals surface area contributed by atoms with Crippen LogP contribution in [-0.2, 0) is 11.3 Å². The van der Waals surface area contributed by atoms with Gasteiger partial charge in [0, 0.05) is 39.3 Å². The van der Waals surface area contributed by atoms with E-state index >= 15 is 0 Å². The van der Waals surface area contributed by atoms with Gasteiger partial charge < -0.3 is 9.42 Å². The van der Waals surface area contributed by atoms with E-state index in [1.165, 1.54) is 6.42 Å². The summed E-state index contributed by atoms with van der Waals surface area (Å²) in [6.07, 6.45) is 3.56. The molecular formula is C18H25N5O2S. The van der Waals surface area contributed by atoms with Gasteiger partial charge in [0.1, 0.15) is 0 Å². The minimum Gasteiger partial charge on any atom is -0.342 e. The summed E-state index contributed by atoms with van der Waals surface area (Å²) >= 11 is 1.61. The third kappa shape index (κ3) is 4.31. The highest BCUT2D eigenvalue weighted by atomic mass is 32.1. The van der Waals surface area contributed by atoms with Gasteiger partial charge in [0.25, 0.3) is 0 Å². The number of carbonyl (C=O) groups is 1. The van der Waals surface area contributed by atoms with Crippen LogP contribution in [-0.4, -0.2) is 76.6 Å². The van der Waals surface area contributed by atoms with Gasteiger partial charge in [-0.25, -0.2) is 0 Å². The Morgan fingerprint density at radius 1 is 1.08 bits per heavy atom. The molecule has 4 rings (SSSR count). The van der Waals surface area contributed by atoms with Crippen LogP contribution >= 0.6 is 11.3 Å². The zero-order valence-electron chi connectivity index (χ0n) is 15.0. The molecule has 0 aromatic carbocycles. The topological polar surface area (TPSA) is 65.7 Å². The van der Waals surface area contributed by atoms with Gasteiger partial charge in [-0.3, -0.25) is 14.6 Å². The lowest BCUT2D eigenvalue weighted by molar-refractivity contribution is -0.133. The monoisotopic (exact) mass is 375 g/mol. The Balaban J connectivity index is 1.23. The predicted octanol–water partition coefficient (Wildman–Crippen LogP) is 1.93. The molecule has 0 N–H and O–H groups in total. The van der Waals surface area contributed by atoms with E-state index in [1.807, 2.05) is 22.4 Å². The summed E-state index contributed by atoms with van der Waals surface area (Å²) in [4.78, 5) is 24.5. The maximum Gasteiger partial charge on any atom is 0.241 e. The van der Waals surface area contributed by atoms with E-state index in [4.69, 9.17) is 4.52 Å². The number of carbonyl (C=O) groups excluding carboxylic acids is 1. The largest absolute Gasteiger partial charge is 0.342 e. The average Bonchev–Trinajstić information content (AvgIpc) is 3.36. The van der Waals surface area contributed by atoms with Crippen LogP contribution in [0.25, 0.3) is 10.7 Å². The maximum atomic E-state index is 12.4. The Morgan fingerprint density at radius 3 is 2.58 bits per heavy atom. The van der Waals surface area contributed by atoms with Crippen molar-refractivity contribution in [3.05, 3.63) is 23.4 Å². The molecule has 2 aromatic rings. The first kappa shape index (κ1) is 17.6. The van der Waals surface area contributed by atoms with Crippen LogP contribution in [0.5, 0.6) is 0 Å². The third-order valence-corrected chi connectivity index (χ3v) is 5.97. The zero-order valence-corrected chi connectivity index (χ0v) is 15.8. The van der Waals surface area contributed by atoms with Gasteiger partial charge in [0.15, 0.2) is 0 Å². The molecule has 2 saturated heterocycles. The van der Waals surface area contributed by atoms with Crippen molar-refractivity contribution in [1.82, 2.24) is 24.8 Å². The molecule has 0 saturated carbocycles. The molecule has 2 fully saturated rings. The molecule has 0 radical (unpaired) electrons. The van der Waals surface area contributed by atoms with Crippen LogP contribution in [0, 0.1) is 0 Å². The Labute approximate surface area is 157 Å². The fourth-order valence-corrected chi connectivity index (χ4v) is 4.21. The molecule has 7 nitrogen and oxygen atoms in total. The van der Waals surface area contributed by atoms with Gasteiger partial charge in [-0.2, -0.15) is 4.98 Å². The van der Waals surface area contributed by atoms with Crippen molar-refractivity contribution in [2.75, 3.05) is 45.8 Å². The molecule has 0 atom stereocenters. The van der Waals surface area contributed by atoms with Gasteiger partial charge in [-0.1, -0.05) is 11.2 Å². The Morgan fingerprint density at radius 2 is 1.85 bits per heavy atom. The summed E-state index contributed by atoms with van der Waals surface area (Å²) in [6, 6.07) is 3.98. The van der Waals surface area contributed by atoms with Crippen molar-refractivity contribution in [2.24, 2.45) is 0 Å². The molecule has 2 aliphatic rings. The summed E-state index contributed by atoms with van der Waals surface area (Å²) in [5.41, 5.74) is 0. The van der Waals surface area contributed by atoms with E-state index in [1.54, 1.807) is 11.3 Å². The molecule has 26 heavy (non-hydrogen) atoms. The summed E-state index contributed by atoms with van der Waals surface area (Å²) in [5, 5.41) is 6.08. The Bertz CT molecular complexity index is 703. The van der Waals surface area contributed by atoms with Crippen LogP contribution in [0.1, 0.15) is 25.2 Å². The molecule has 0 bridgehead atoms. The molecule has 140 valence electrons. The number of amides is 1. The number of piperidine rings is 1. The van der Waals surface area contributed by atoms with Crippen molar-refractivity contribution in [3.63, 3.8) is 0 Å². The first-order valence-corrected chi connectivity index (χ1v) is 10.2. The quantitative estimate of drug-likeness (QED) is 0.796. The van der Waals surface area contributed by atoms with Gasteiger partial charge in [0.2, 0.25) is 17.6 Å². The maximum absolute atomic E-state index is 12.4. The standard InChI is InChI=1S/C18H25N5O2S/c24-17(23-6-2-1-3-7-23)14-22-10-8-21(9-11-22)13-16-19-18(20-25-16)15-5-4-12-26-15/h4-5,12H,1-3,6-11,13-14H2. The highest BCUT2D eigenvalue weighted by Crippen LogP contribution is 2.21. The molecule has 0 aliphatic carbocycles. The van der Waals surface area contributed by atoms with Gasteiger partial charge >= 0.3 is 0 Å². The Hall–Kier alpha value is -1.77. The first-order valence-electron chi connectivity index (χ1n) is 9.37. The van der Waals surface area contributed by atoms with Crippen molar-refractivity contribution in [3.8, 4) is 10.7 Å². The van der Waals surface area contributed by atoms with Crippen LogP contribution in [0.2, 0.25) is 0 Å². The number of thiophene rings is 1. The minimum atomic E-state index is 0.288. The lowest BCUT2D eigenvalue weighted by atomic mass is 10.1. The second kappa shape index (κ2) is 8.28. The minimum absolute atomic E-state index is 0.288. The van der Waals surface area contributed by atoms with Crippen molar-refractivity contribution in [1.29, 1.82) is 0 Å². The van der Waals surface area contributed by atoms with E-state index in [9.17, 15) is 4.79 Å². The lowest BCUT2D eigenvalue weighted by Crippen LogP contribution is -2.50. The van der Waals surface area contributed by atoms with E-state index in [0.29, 0.717) is 24.8 Å². The highest BCUT2D eigenvalue weighted by Gasteiger charge is 2.23. The third-order valence-electron chi connectivity index (χ3n) is 5.10. The fraction of sp³-hybridized carbons (Fsp3) is 0.611. The summed E-state index contributed by atoms with van der Waals surface area (Å²) < 4.78 is 5.39. The van der Waals surface area contributed by atoms with Crippen LogP contribution in [0.15, 0.2) is 22.0 Å². The van der Waals surface area contributed by atoms with E-state index in [0.717, 1.165) is 57.0 Å². The van der Waals surface area contributed by atoms with Crippen LogP contribution in [0.3, 0.4) is 0 Å². The smallest absolute Gasteiger partial charge is 0.241 e.